The molecule has 0 radical (unpaired) electrons. The summed E-state index contributed by atoms with van der Waals surface area (Å²) in [6.07, 6.45) is 0.971. The fraction of sp³-hybridized carbons (Fsp3) is 0.393. The van der Waals surface area contributed by atoms with Gasteiger partial charge < -0.3 is 10.1 Å². The highest BCUT2D eigenvalue weighted by atomic mass is 16.5. The second-order valence-corrected chi connectivity index (χ2v) is 9.85. The van der Waals surface area contributed by atoms with Gasteiger partial charge >= 0.3 is 12.1 Å². The number of hydrogen-bond acceptors (Lipinski definition) is 7. The van der Waals surface area contributed by atoms with Gasteiger partial charge in [0, 0.05) is 19.6 Å². The molecule has 0 spiro atoms. The summed E-state index contributed by atoms with van der Waals surface area (Å²) in [5.74, 6) is -0.250. The Labute approximate surface area is 228 Å². The highest BCUT2D eigenvalue weighted by molar-refractivity contribution is 5.90. The number of nitrogens with zero attached hydrogens (tertiary/aromatic N) is 3. The van der Waals surface area contributed by atoms with Crippen LogP contribution in [0.3, 0.4) is 0 Å². The van der Waals surface area contributed by atoms with Crippen molar-refractivity contribution in [3.05, 3.63) is 71.8 Å². The molecule has 4 N–H and O–H groups in total. The molecule has 2 aromatic carbocycles. The van der Waals surface area contributed by atoms with Crippen LogP contribution in [-0.2, 0) is 22.7 Å². The van der Waals surface area contributed by atoms with Crippen LogP contribution in [0.2, 0.25) is 0 Å². The quantitative estimate of drug-likeness (QED) is 0.197. The predicted molar refractivity (Wildman–Crippen MR) is 146 cm³/mol. The van der Waals surface area contributed by atoms with Gasteiger partial charge in [0.15, 0.2) is 0 Å². The summed E-state index contributed by atoms with van der Waals surface area (Å²) in [4.78, 5) is 42.7. The van der Waals surface area contributed by atoms with E-state index in [1.807, 2.05) is 74.5 Å². The first-order valence-corrected chi connectivity index (χ1v) is 12.8. The monoisotopic (exact) mass is 533 g/mol. The van der Waals surface area contributed by atoms with Crippen LogP contribution >= 0.6 is 0 Å². The summed E-state index contributed by atoms with van der Waals surface area (Å²) in [7, 11) is 0. The summed E-state index contributed by atoms with van der Waals surface area (Å²) in [6.45, 7) is 5.74. The van der Waals surface area contributed by atoms with Crippen LogP contribution in [0.5, 0.6) is 0 Å². The van der Waals surface area contributed by atoms with Crippen molar-refractivity contribution < 1.29 is 19.1 Å². The van der Waals surface area contributed by atoms with Crippen molar-refractivity contribution in [2.45, 2.75) is 51.4 Å². The molecule has 39 heavy (non-hydrogen) atoms. The van der Waals surface area contributed by atoms with E-state index in [0.717, 1.165) is 17.5 Å². The van der Waals surface area contributed by atoms with Gasteiger partial charge in [-0.05, 0) is 29.9 Å². The molecule has 11 heteroatoms. The molecule has 4 amide bonds. The number of rotatable bonds is 11. The van der Waals surface area contributed by atoms with Gasteiger partial charge in [-0.25, -0.2) is 15.0 Å². The summed E-state index contributed by atoms with van der Waals surface area (Å²) in [5.41, 5.74) is 6.06. The van der Waals surface area contributed by atoms with E-state index in [4.69, 9.17) is 4.74 Å². The largest absolute Gasteiger partial charge is 0.443 e. The molecule has 1 aliphatic heterocycles. The first-order chi connectivity index (χ1) is 18.8. The molecule has 2 aromatic rings. The Kier molecular flexibility index (Phi) is 11.0. The van der Waals surface area contributed by atoms with Gasteiger partial charge in [-0.3, -0.25) is 20.4 Å². The number of aliphatic imine (C=N–C) groups is 1. The predicted octanol–water partition coefficient (Wildman–Crippen LogP) is 2.85. The van der Waals surface area contributed by atoms with Crippen molar-refractivity contribution in [2.75, 3.05) is 13.1 Å². The number of carbonyl (C=O) groups is 3. The first kappa shape index (κ1) is 29.3. The minimum absolute atomic E-state index is 0.0605. The maximum Gasteiger partial charge on any atom is 0.435 e. The minimum atomic E-state index is -1.02. The Balaban J connectivity index is 1.47. The molecule has 0 bridgehead atoms. The third-order valence-electron chi connectivity index (χ3n) is 6.13. The molecular formula is C28H35N7O4. The molecule has 1 aliphatic rings. The molecule has 1 heterocycles. The zero-order valence-corrected chi connectivity index (χ0v) is 22.2. The van der Waals surface area contributed by atoms with Crippen molar-refractivity contribution in [1.82, 2.24) is 26.4 Å². The average molecular weight is 534 g/mol. The number of carbonyl (C=O) groups excluding carboxylic acids is 3. The highest BCUT2D eigenvalue weighted by Crippen LogP contribution is 2.23. The lowest BCUT2D eigenvalue weighted by atomic mass is 9.98. The van der Waals surface area contributed by atoms with Crippen LogP contribution < -0.4 is 21.5 Å². The standard InChI is InChI=1S/C28H35N7O4/c1-21(2)15-24(33-34-26(37)30-20-31-27(38)39-17-23-11-7-4-8-12-23)25(36)32-28(18-29)13-14-35(19-28)16-22-9-5-3-6-10-22/h3-12,20-21,24,33H,13-17,19H2,1-2H3,(H,32,36)(H2,30,31,34,37,38). The molecule has 2 unspecified atom stereocenters. The van der Waals surface area contributed by atoms with Crippen LogP contribution in [0.15, 0.2) is 65.7 Å². The van der Waals surface area contributed by atoms with Gasteiger partial charge in [-0.2, -0.15) is 10.3 Å². The molecule has 0 saturated carbocycles. The number of likely N-dealkylation sites (tertiary alicyclic amines) is 1. The second-order valence-electron chi connectivity index (χ2n) is 9.85. The van der Waals surface area contributed by atoms with Crippen molar-refractivity contribution in [1.29, 1.82) is 5.26 Å². The van der Waals surface area contributed by atoms with Crippen LogP contribution in [0.1, 0.15) is 37.8 Å². The van der Waals surface area contributed by atoms with E-state index in [0.29, 0.717) is 32.5 Å². The number of amides is 4. The maximum atomic E-state index is 13.2. The molecule has 3 rings (SSSR count). The van der Waals surface area contributed by atoms with E-state index < -0.39 is 23.7 Å². The summed E-state index contributed by atoms with van der Waals surface area (Å²) >= 11 is 0. The maximum absolute atomic E-state index is 13.2. The Bertz CT molecular complexity index is 1170. The zero-order valence-electron chi connectivity index (χ0n) is 22.2. The molecule has 2 atom stereocenters. The third-order valence-corrected chi connectivity index (χ3v) is 6.13. The normalized spacial score (nSPS) is 17.9. The van der Waals surface area contributed by atoms with Gasteiger partial charge in [-0.15, -0.1) is 0 Å². The van der Waals surface area contributed by atoms with Crippen molar-refractivity contribution in [3.63, 3.8) is 0 Å². The number of ether oxygens (including phenoxy) is 1. The van der Waals surface area contributed by atoms with E-state index in [1.54, 1.807) is 0 Å². The molecule has 11 nitrogen and oxygen atoms in total. The smallest absolute Gasteiger partial charge is 0.435 e. The molecular weight excluding hydrogens is 498 g/mol. The van der Waals surface area contributed by atoms with E-state index in [2.05, 4.69) is 37.4 Å². The van der Waals surface area contributed by atoms with Gasteiger partial charge in [0.25, 0.3) is 0 Å². The SMILES string of the molecule is CC(C)CC(NNC(=O)NC=NC(=O)OCc1ccccc1)C(=O)NC1(C#N)CCN(Cc2ccccc2)C1. The van der Waals surface area contributed by atoms with Crippen molar-refractivity contribution >= 4 is 24.4 Å². The van der Waals surface area contributed by atoms with Gasteiger partial charge in [-0.1, -0.05) is 74.5 Å². The Hall–Kier alpha value is -4.27. The van der Waals surface area contributed by atoms with E-state index in [9.17, 15) is 19.6 Å². The number of benzene rings is 2. The van der Waals surface area contributed by atoms with Crippen molar-refractivity contribution in [3.8, 4) is 6.07 Å². The number of hydrazine groups is 1. The Morgan fingerprint density at radius 1 is 1.10 bits per heavy atom. The van der Waals surface area contributed by atoms with Gasteiger partial charge in [0.2, 0.25) is 5.91 Å². The number of urea groups is 1. The summed E-state index contributed by atoms with van der Waals surface area (Å²) in [5, 5.41) is 15.1. The van der Waals surface area contributed by atoms with Gasteiger partial charge in [0.05, 0.1) is 6.07 Å². The highest BCUT2D eigenvalue weighted by Gasteiger charge is 2.41. The van der Waals surface area contributed by atoms with Crippen LogP contribution in [-0.4, -0.2) is 53.9 Å². The van der Waals surface area contributed by atoms with Crippen LogP contribution in [0.25, 0.3) is 0 Å². The second kappa shape index (κ2) is 14.6. The molecule has 206 valence electrons. The minimum Gasteiger partial charge on any atom is -0.443 e. The molecule has 0 aromatic heterocycles. The topological polar surface area (TPSA) is 148 Å². The lowest BCUT2D eigenvalue weighted by Crippen LogP contribution is -2.59. The third kappa shape index (κ3) is 9.85. The number of nitrogens with one attached hydrogen (secondary N) is 4. The first-order valence-electron chi connectivity index (χ1n) is 12.8. The van der Waals surface area contributed by atoms with Crippen LogP contribution in [0.4, 0.5) is 9.59 Å². The van der Waals surface area contributed by atoms with E-state index in [-0.39, 0.29) is 18.4 Å². The average Bonchev–Trinajstić information content (AvgIpc) is 3.33. The molecule has 0 aliphatic carbocycles. The lowest BCUT2D eigenvalue weighted by molar-refractivity contribution is -0.125. The zero-order chi connectivity index (χ0) is 28.1. The van der Waals surface area contributed by atoms with Crippen molar-refractivity contribution in [2.24, 2.45) is 10.9 Å². The lowest BCUT2D eigenvalue weighted by Gasteiger charge is -2.27. The summed E-state index contributed by atoms with van der Waals surface area (Å²) in [6, 6.07) is 19.9. The fourth-order valence-corrected chi connectivity index (χ4v) is 4.20. The van der Waals surface area contributed by atoms with Crippen LogP contribution in [0, 0.1) is 17.2 Å². The van der Waals surface area contributed by atoms with Gasteiger partial charge in [0.1, 0.15) is 24.5 Å². The summed E-state index contributed by atoms with van der Waals surface area (Å²) < 4.78 is 5.00. The van der Waals surface area contributed by atoms with E-state index >= 15 is 0 Å². The molecule has 1 fully saturated rings. The number of hydrogen-bond donors (Lipinski definition) is 4. The van der Waals surface area contributed by atoms with E-state index in [1.165, 1.54) is 0 Å². The molecule has 1 saturated heterocycles. The Morgan fingerprint density at radius 3 is 2.41 bits per heavy atom. The fourth-order valence-electron chi connectivity index (χ4n) is 4.20. The number of nitriles is 1. The Morgan fingerprint density at radius 2 is 1.77 bits per heavy atom.